The van der Waals surface area contributed by atoms with Gasteiger partial charge >= 0.3 is 0 Å². The van der Waals surface area contributed by atoms with E-state index in [9.17, 15) is 8.42 Å². The van der Waals surface area contributed by atoms with Gasteiger partial charge in [0.05, 0.1) is 11.9 Å². The van der Waals surface area contributed by atoms with Crippen LogP contribution < -0.4 is 15.2 Å². The van der Waals surface area contributed by atoms with Gasteiger partial charge in [-0.15, -0.1) is 0 Å². The van der Waals surface area contributed by atoms with Crippen LogP contribution in [0.5, 0.6) is 5.75 Å². The second-order valence-electron chi connectivity index (χ2n) is 5.22. The van der Waals surface area contributed by atoms with E-state index < -0.39 is 10.0 Å². The maximum absolute atomic E-state index is 12.0. The molecule has 1 aromatic carbocycles. The number of nitrogens with two attached hydrogens (primary N) is 1. The molecule has 2 unspecified atom stereocenters. The van der Waals surface area contributed by atoms with E-state index in [1.165, 1.54) is 0 Å². The SMILES string of the molecule is COC1CCC(NS(=O)(=O)CCOc2ccc(N)cc2)C1. The van der Waals surface area contributed by atoms with Crippen LogP contribution in [0.4, 0.5) is 5.69 Å². The van der Waals surface area contributed by atoms with E-state index in [1.807, 2.05) is 0 Å². The van der Waals surface area contributed by atoms with E-state index in [1.54, 1.807) is 31.4 Å². The minimum Gasteiger partial charge on any atom is -0.492 e. The van der Waals surface area contributed by atoms with Gasteiger partial charge in [0.2, 0.25) is 10.0 Å². The van der Waals surface area contributed by atoms with Crippen molar-refractivity contribution in [3.63, 3.8) is 0 Å². The number of anilines is 1. The Morgan fingerprint density at radius 2 is 2.00 bits per heavy atom. The number of hydrogen-bond acceptors (Lipinski definition) is 5. The molecule has 0 spiro atoms. The largest absolute Gasteiger partial charge is 0.492 e. The summed E-state index contributed by atoms with van der Waals surface area (Å²) in [6.07, 6.45) is 2.60. The zero-order valence-corrected chi connectivity index (χ0v) is 12.9. The van der Waals surface area contributed by atoms with Gasteiger partial charge in [-0.25, -0.2) is 13.1 Å². The number of benzene rings is 1. The van der Waals surface area contributed by atoms with Crippen molar-refractivity contribution in [3.8, 4) is 5.75 Å². The first-order valence-corrected chi connectivity index (χ1v) is 8.65. The predicted molar refractivity (Wildman–Crippen MR) is 81.7 cm³/mol. The first-order valence-electron chi connectivity index (χ1n) is 6.99. The molecular weight excluding hydrogens is 292 g/mol. The van der Waals surface area contributed by atoms with Crippen molar-refractivity contribution in [3.05, 3.63) is 24.3 Å². The Morgan fingerprint density at radius 3 is 2.62 bits per heavy atom. The number of nitrogens with one attached hydrogen (secondary N) is 1. The van der Waals surface area contributed by atoms with Crippen LogP contribution in [0.15, 0.2) is 24.3 Å². The van der Waals surface area contributed by atoms with E-state index in [2.05, 4.69) is 4.72 Å². The maximum atomic E-state index is 12.0. The molecule has 0 bridgehead atoms. The van der Waals surface area contributed by atoms with Crippen LogP contribution in [0, 0.1) is 0 Å². The molecule has 118 valence electrons. The van der Waals surface area contributed by atoms with Gasteiger partial charge in [0.25, 0.3) is 0 Å². The highest BCUT2D eigenvalue weighted by atomic mass is 32.2. The quantitative estimate of drug-likeness (QED) is 0.736. The first kappa shape index (κ1) is 16.1. The molecule has 21 heavy (non-hydrogen) atoms. The Morgan fingerprint density at radius 1 is 1.29 bits per heavy atom. The van der Waals surface area contributed by atoms with Gasteiger partial charge in [0, 0.05) is 18.8 Å². The number of nitrogen functional groups attached to an aromatic ring is 1. The number of ether oxygens (including phenoxy) is 2. The van der Waals surface area contributed by atoms with Crippen LogP contribution in [-0.2, 0) is 14.8 Å². The predicted octanol–water partition coefficient (Wildman–Crippen LogP) is 1.13. The molecule has 1 aliphatic rings. The zero-order valence-electron chi connectivity index (χ0n) is 12.1. The summed E-state index contributed by atoms with van der Waals surface area (Å²) in [5, 5.41) is 0. The molecule has 0 amide bonds. The van der Waals surface area contributed by atoms with Crippen molar-refractivity contribution >= 4 is 15.7 Å². The van der Waals surface area contributed by atoms with Gasteiger partial charge in [-0.05, 0) is 43.5 Å². The molecule has 3 N–H and O–H groups in total. The Kier molecular flexibility index (Phi) is 5.44. The molecule has 1 aromatic rings. The fourth-order valence-corrected chi connectivity index (χ4v) is 3.55. The fourth-order valence-electron chi connectivity index (χ4n) is 2.41. The normalized spacial score (nSPS) is 22.3. The summed E-state index contributed by atoms with van der Waals surface area (Å²) < 4.78 is 37.3. The van der Waals surface area contributed by atoms with Crippen molar-refractivity contribution in [1.29, 1.82) is 0 Å². The van der Waals surface area contributed by atoms with Crippen LogP contribution in [-0.4, -0.2) is 40.0 Å². The lowest BCUT2D eigenvalue weighted by Gasteiger charge is -2.13. The maximum Gasteiger partial charge on any atom is 0.215 e. The van der Waals surface area contributed by atoms with Gasteiger partial charge in [0.1, 0.15) is 12.4 Å². The molecular formula is C14H22N2O4S. The highest BCUT2D eigenvalue weighted by Crippen LogP contribution is 2.22. The summed E-state index contributed by atoms with van der Waals surface area (Å²) in [4.78, 5) is 0. The van der Waals surface area contributed by atoms with E-state index in [-0.39, 0.29) is 24.5 Å². The third-order valence-electron chi connectivity index (χ3n) is 3.56. The smallest absolute Gasteiger partial charge is 0.215 e. The molecule has 7 heteroatoms. The van der Waals surface area contributed by atoms with Gasteiger partial charge in [-0.1, -0.05) is 0 Å². The Hall–Kier alpha value is -1.31. The topological polar surface area (TPSA) is 90.6 Å². The second-order valence-corrected chi connectivity index (χ2v) is 7.10. The van der Waals surface area contributed by atoms with Crippen molar-refractivity contribution in [2.75, 3.05) is 25.2 Å². The minimum atomic E-state index is -3.33. The van der Waals surface area contributed by atoms with Crippen LogP contribution in [0.2, 0.25) is 0 Å². The number of methoxy groups -OCH3 is 1. The molecule has 1 saturated carbocycles. The second kappa shape index (κ2) is 7.11. The third-order valence-corrected chi connectivity index (χ3v) is 4.96. The van der Waals surface area contributed by atoms with Crippen molar-refractivity contribution in [2.24, 2.45) is 0 Å². The summed E-state index contributed by atoms with van der Waals surface area (Å²) in [5.74, 6) is 0.547. The highest BCUT2D eigenvalue weighted by molar-refractivity contribution is 7.89. The van der Waals surface area contributed by atoms with Crippen LogP contribution in [0.25, 0.3) is 0 Å². The van der Waals surface area contributed by atoms with Gasteiger partial charge < -0.3 is 15.2 Å². The van der Waals surface area contributed by atoms with Gasteiger partial charge in [0.15, 0.2) is 0 Å². The Balaban J connectivity index is 1.75. The number of rotatable bonds is 7. The fraction of sp³-hybridized carbons (Fsp3) is 0.571. The first-order chi connectivity index (χ1) is 9.98. The van der Waals surface area contributed by atoms with E-state index >= 15 is 0 Å². The van der Waals surface area contributed by atoms with Crippen LogP contribution in [0.1, 0.15) is 19.3 Å². The van der Waals surface area contributed by atoms with Crippen LogP contribution >= 0.6 is 0 Å². The standard InChI is InChI=1S/C14H22N2O4S/c1-19-14-7-4-12(10-14)16-21(17,18)9-8-20-13-5-2-11(15)3-6-13/h2-3,5-6,12,14,16H,4,7-10,15H2,1H3. The summed E-state index contributed by atoms with van der Waals surface area (Å²) >= 11 is 0. The third kappa shape index (κ3) is 5.18. The van der Waals surface area contributed by atoms with Crippen molar-refractivity contribution in [2.45, 2.75) is 31.4 Å². The molecule has 0 radical (unpaired) electrons. The van der Waals surface area contributed by atoms with E-state index in [4.69, 9.17) is 15.2 Å². The van der Waals surface area contributed by atoms with Crippen molar-refractivity contribution in [1.82, 2.24) is 4.72 Å². The monoisotopic (exact) mass is 314 g/mol. The molecule has 0 aromatic heterocycles. The Labute approximate surface area is 125 Å². The molecule has 1 aliphatic carbocycles. The zero-order chi connectivity index (χ0) is 15.3. The lowest BCUT2D eigenvalue weighted by Crippen LogP contribution is -2.36. The lowest BCUT2D eigenvalue weighted by molar-refractivity contribution is 0.107. The van der Waals surface area contributed by atoms with E-state index in [0.29, 0.717) is 11.4 Å². The highest BCUT2D eigenvalue weighted by Gasteiger charge is 2.27. The van der Waals surface area contributed by atoms with Crippen LogP contribution in [0.3, 0.4) is 0 Å². The summed E-state index contributed by atoms with van der Waals surface area (Å²) in [5.41, 5.74) is 6.21. The van der Waals surface area contributed by atoms with E-state index in [0.717, 1.165) is 19.3 Å². The molecule has 0 saturated heterocycles. The molecule has 1 fully saturated rings. The molecule has 2 atom stereocenters. The summed E-state index contributed by atoms with van der Waals surface area (Å²) in [6, 6.07) is 6.83. The van der Waals surface area contributed by atoms with Gasteiger partial charge in [-0.2, -0.15) is 0 Å². The minimum absolute atomic E-state index is 0.0310. The number of sulfonamides is 1. The Bertz CT molecular complexity index is 545. The molecule has 6 nitrogen and oxygen atoms in total. The average molecular weight is 314 g/mol. The average Bonchev–Trinajstić information content (AvgIpc) is 2.87. The number of hydrogen-bond donors (Lipinski definition) is 2. The lowest BCUT2D eigenvalue weighted by atomic mass is 10.3. The molecule has 2 rings (SSSR count). The summed E-state index contributed by atoms with van der Waals surface area (Å²) in [6.45, 7) is 0.111. The van der Waals surface area contributed by atoms with Gasteiger partial charge in [-0.3, -0.25) is 0 Å². The molecule has 0 heterocycles. The molecule has 0 aliphatic heterocycles. The van der Waals surface area contributed by atoms with Crippen molar-refractivity contribution < 1.29 is 17.9 Å². The summed E-state index contributed by atoms with van der Waals surface area (Å²) in [7, 11) is -1.68.